The molecule has 0 radical (unpaired) electrons. The molecule has 6 rings (SSSR count). The number of ether oxygens (including phenoxy) is 1. The van der Waals surface area contributed by atoms with Crippen molar-refractivity contribution in [2.45, 2.75) is 25.7 Å². The number of rotatable bonds is 2. The minimum Gasteiger partial charge on any atom is -0.465 e. The van der Waals surface area contributed by atoms with Gasteiger partial charge in [0.15, 0.2) is 0 Å². The third kappa shape index (κ3) is 4.52. The molecule has 38 heavy (non-hydrogen) atoms. The summed E-state index contributed by atoms with van der Waals surface area (Å²) in [5.74, 6) is -0.369. The van der Waals surface area contributed by atoms with Crippen LogP contribution in [-0.2, 0) is 16.6 Å². The van der Waals surface area contributed by atoms with Gasteiger partial charge in [-0.1, -0.05) is 26.0 Å². The van der Waals surface area contributed by atoms with E-state index in [1.54, 1.807) is 12.1 Å². The minimum atomic E-state index is -0.369. The maximum atomic E-state index is 12.0. The Morgan fingerprint density at radius 3 is 2.45 bits per heavy atom. The van der Waals surface area contributed by atoms with Gasteiger partial charge in [-0.15, -0.1) is 0 Å². The largest absolute Gasteiger partial charge is 0.465 e. The van der Waals surface area contributed by atoms with E-state index in [1.807, 2.05) is 30.3 Å². The van der Waals surface area contributed by atoms with Gasteiger partial charge in [-0.25, -0.2) is 9.78 Å². The highest BCUT2D eigenvalue weighted by atomic mass is 79.9. The number of methoxy groups -OCH3 is 1. The fourth-order valence-electron chi connectivity index (χ4n) is 4.92. The maximum absolute atomic E-state index is 12.0. The van der Waals surface area contributed by atoms with Crippen molar-refractivity contribution in [3.8, 4) is 11.1 Å². The Labute approximate surface area is 236 Å². The van der Waals surface area contributed by atoms with Crippen molar-refractivity contribution >= 4 is 70.5 Å². The van der Waals surface area contributed by atoms with Crippen molar-refractivity contribution in [2.75, 3.05) is 7.11 Å². The van der Waals surface area contributed by atoms with Crippen LogP contribution in [0.1, 0.15) is 47.0 Å². The molecule has 1 aromatic carbocycles. The summed E-state index contributed by atoms with van der Waals surface area (Å²) < 4.78 is 6.75. The highest BCUT2D eigenvalue weighted by molar-refractivity contribution is 9.15. The number of benzene rings is 1. The van der Waals surface area contributed by atoms with Gasteiger partial charge in [-0.3, -0.25) is 4.98 Å². The zero-order chi connectivity index (χ0) is 26.6. The second-order valence-corrected chi connectivity index (χ2v) is 11.8. The molecule has 3 aromatic heterocycles. The zero-order valence-electron chi connectivity index (χ0n) is 21.0. The van der Waals surface area contributed by atoms with Crippen molar-refractivity contribution in [3.63, 3.8) is 0 Å². The first kappa shape index (κ1) is 24.8. The van der Waals surface area contributed by atoms with Crippen molar-refractivity contribution in [1.82, 2.24) is 19.9 Å². The van der Waals surface area contributed by atoms with Gasteiger partial charge in [0.2, 0.25) is 0 Å². The van der Waals surface area contributed by atoms with Gasteiger partial charge < -0.3 is 14.7 Å². The first-order valence-electron chi connectivity index (χ1n) is 12.2. The topological polar surface area (TPSA) is 83.7 Å². The number of esters is 1. The SMILES string of the molecule is COC(=O)c1ccc(-c2c3nc(cc4nc(cc5cc(Br)c(cc6ccc2[nH]6)[nH]5)C(C)(C)C4)C(Br)=C3)cc1. The Kier molecular flexibility index (Phi) is 6.12. The monoisotopic (exact) mass is 630 g/mol. The van der Waals surface area contributed by atoms with Crippen LogP contribution in [0.3, 0.4) is 0 Å². The van der Waals surface area contributed by atoms with E-state index >= 15 is 0 Å². The third-order valence-electron chi connectivity index (χ3n) is 6.87. The smallest absolute Gasteiger partial charge is 0.337 e. The van der Waals surface area contributed by atoms with Crippen LogP contribution in [0, 0.1) is 0 Å². The molecule has 0 atom stereocenters. The highest BCUT2D eigenvalue weighted by Gasteiger charge is 2.29. The van der Waals surface area contributed by atoms with Crippen LogP contribution in [0.25, 0.3) is 43.8 Å². The molecule has 2 aliphatic rings. The van der Waals surface area contributed by atoms with Crippen molar-refractivity contribution in [1.29, 1.82) is 0 Å². The number of halogens is 2. The number of hydrogen-bond acceptors (Lipinski definition) is 4. The molecule has 2 aliphatic heterocycles. The van der Waals surface area contributed by atoms with E-state index in [0.29, 0.717) is 5.56 Å². The maximum Gasteiger partial charge on any atom is 0.337 e. The van der Waals surface area contributed by atoms with Crippen LogP contribution in [0.2, 0.25) is 0 Å². The molecule has 0 amide bonds. The Bertz CT molecular complexity index is 1800. The lowest BCUT2D eigenvalue weighted by molar-refractivity contribution is 0.0600. The van der Waals surface area contributed by atoms with Crippen LogP contribution >= 0.6 is 31.9 Å². The number of nitrogens with zero attached hydrogens (tertiary/aromatic N) is 2. The summed E-state index contributed by atoms with van der Waals surface area (Å²) in [5, 5.41) is 0. The van der Waals surface area contributed by atoms with E-state index < -0.39 is 0 Å². The second kappa shape index (κ2) is 9.36. The highest BCUT2D eigenvalue weighted by Crippen LogP contribution is 2.36. The summed E-state index contributed by atoms with van der Waals surface area (Å²) in [6.45, 7) is 4.43. The van der Waals surface area contributed by atoms with Crippen LogP contribution < -0.4 is 0 Å². The van der Waals surface area contributed by atoms with Crippen molar-refractivity contribution in [3.05, 3.63) is 93.5 Å². The molecule has 8 bridgehead atoms. The van der Waals surface area contributed by atoms with Gasteiger partial charge in [0, 0.05) is 54.3 Å². The lowest BCUT2D eigenvalue weighted by Gasteiger charge is -2.15. The van der Waals surface area contributed by atoms with Gasteiger partial charge in [0.05, 0.1) is 29.6 Å². The summed E-state index contributed by atoms with van der Waals surface area (Å²) in [7, 11) is 1.38. The fraction of sp³-hybridized carbons (Fsp3) is 0.167. The summed E-state index contributed by atoms with van der Waals surface area (Å²) in [4.78, 5) is 29.1. The molecule has 5 heterocycles. The minimum absolute atomic E-state index is 0.101. The number of hydrogen-bond donors (Lipinski definition) is 2. The molecule has 190 valence electrons. The molecule has 0 saturated heterocycles. The number of aromatic nitrogens is 4. The quantitative estimate of drug-likeness (QED) is 0.220. The van der Waals surface area contributed by atoms with Crippen LogP contribution in [-0.4, -0.2) is 33.0 Å². The summed E-state index contributed by atoms with van der Waals surface area (Å²) in [5.41, 5.74) is 9.71. The average Bonchev–Trinajstić information content (AvgIpc) is 3.63. The van der Waals surface area contributed by atoms with Crippen LogP contribution in [0.4, 0.5) is 0 Å². The lowest BCUT2D eigenvalue weighted by Crippen LogP contribution is -2.14. The van der Waals surface area contributed by atoms with E-state index in [4.69, 9.17) is 14.7 Å². The summed E-state index contributed by atoms with van der Waals surface area (Å²) >= 11 is 7.44. The lowest BCUT2D eigenvalue weighted by atomic mass is 9.87. The Morgan fingerprint density at radius 2 is 1.68 bits per heavy atom. The Morgan fingerprint density at radius 1 is 0.921 bits per heavy atom. The molecule has 0 fully saturated rings. The molecule has 0 spiro atoms. The molecule has 6 nitrogen and oxygen atoms in total. The molecule has 8 heteroatoms. The average molecular weight is 632 g/mol. The van der Waals surface area contributed by atoms with Gasteiger partial charge in [0.25, 0.3) is 0 Å². The summed E-state index contributed by atoms with van der Waals surface area (Å²) in [6, 6.07) is 19.8. The normalized spacial score (nSPS) is 14.3. The number of H-pyrrole nitrogens is 2. The van der Waals surface area contributed by atoms with Gasteiger partial charge in [0.1, 0.15) is 0 Å². The number of fused-ring (bicyclic) bond motifs is 8. The fourth-order valence-corrected chi connectivity index (χ4v) is 5.80. The van der Waals surface area contributed by atoms with E-state index in [9.17, 15) is 4.79 Å². The molecular formula is C30H24Br2N4O2. The van der Waals surface area contributed by atoms with E-state index in [1.165, 1.54) is 7.11 Å². The van der Waals surface area contributed by atoms with Gasteiger partial charge >= 0.3 is 5.97 Å². The van der Waals surface area contributed by atoms with E-state index in [-0.39, 0.29) is 11.4 Å². The number of carbonyl (C=O) groups is 1. The standard InChI is InChI=1S/C30H24Br2N4O2/c1-30(2)15-20-12-25-22(32)14-26(36-25)28(16-4-6-17(7-5-16)29(37)38-3)23-9-8-18(33-23)11-24-21(31)10-19(34-24)13-27(30)35-20/h4-14,33-34H,15H2,1-3H3. The Balaban J connectivity index is 1.68. The molecule has 0 aliphatic carbocycles. The first-order valence-corrected chi connectivity index (χ1v) is 13.8. The second-order valence-electron chi connectivity index (χ2n) is 10.1. The van der Waals surface area contributed by atoms with Crippen molar-refractivity contribution < 1.29 is 9.53 Å². The summed E-state index contributed by atoms with van der Waals surface area (Å²) in [6.07, 6.45) is 2.85. The molecule has 4 aromatic rings. The van der Waals surface area contributed by atoms with E-state index in [2.05, 4.69) is 79.9 Å². The van der Waals surface area contributed by atoms with Gasteiger partial charge in [-0.05, 0) is 92.0 Å². The van der Waals surface area contributed by atoms with Crippen LogP contribution in [0.5, 0.6) is 0 Å². The molecular weight excluding hydrogens is 608 g/mol. The molecule has 0 unspecified atom stereocenters. The number of carbonyl (C=O) groups excluding carboxylic acids is 1. The third-order valence-corrected chi connectivity index (χ3v) is 8.16. The van der Waals surface area contributed by atoms with Crippen molar-refractivity contribution in [2.24, 2.45) is 0 Å². The van der Waals surface area contributed by atoms with Gasteiger partial charge in [-0.2, -0.15) is 0 Å². The number of nitrogens with one attached hydrogen (secondary N) is 2. The molecule has 0 saturated carbocycles. The zero-order valence-corrected chi connectivity index (χ0v) is 24.2. The Hall–Kier alpha value is -3.49. The first-order chi connectivity index (χ1) is 18.2. The van der Waals surface area contributed by atoms with Crippen LogP contribution in [0.15, 0.2) is 65.1 Å². The number of aromatic amines is 2. The predicted octanol–water partition coefficient (Wildman–Crippen LogP) is 7.94. The van der Waals surface area contributed by atoms with E-state index in [0.717, 1.165) is 71.3 Å². The molecule has 2 N–H and O–H groups in total. The predicted molar refractivity (Wildman–Crippen MR) is 159 cm³/mol.